The van der Waals surface area contributed by atoms with Gasteiger partial charge in [0, 0.05) is 11.6 Å². The van der Waals surface area contributed by atoms with E-state index in [-0.39, 0.29) is 11.9 Å². The summed E-state index contributed by atoms with van der Waals surface area (Å²) in [6.45, 7) is 1.65. The molecule has 0 saturated heterocycles. The summed E-state index contributed by atoms with van der Waals surface area (Å²) in [5.74, 6) is 1.58. The van der Waals surface area contributed by atoms with E-state index >= 15 is 0 Å². The number of halogens is 1. The summed E-state index contributed by atoms with van der Waals surface area (Å²) in [5.41, 5.74) is 6.34. The molecule has 2 unspecified atom stereocenters. The fourth-order valence-electron chi connectivity index (χ4n) is 3.00. The fraction of sp³-hybridized carbons (Fsp3) is 0.533. The lowest BCUT2D eigenvalue weighted by molar-refractivity contribution is 0.0927. The number of benzene rings is 1. The normalized spacial score (nSPS) is 23.9. The first-order chi connectivity index (χ1) is 10.2. The molecular weight excluding hydrogens is 336 g/mol. The number of nitrogens with two attached hydrogens (primary N) is 1. The number of carbonyl (C=O) groups is 1. The first-order valence-electron chi connectivity index (χ1n) is 7.29. The first kappa shape index (κ1) is 14.7. The average molecular weight is 355 g/mol. The predicted molar refractivity (Wildman–Crippen MR) is 82.8 cm³/mol. The number of amides is 1. The largest absolute Gasteiger partial charge is 0.486 e. The van der Waals surface area contributed by atoms with Crippen LogP contribution in [0.5, 0.6) is 11.5 Å². The van der Waals surface area contributed by atoms with Crippen molar-refractivity contribution < 1.29 is 14.3 Å². The van der Waals surface area contributed by atoms with Gasteiger partial charge in [-0.3, -0.25) is 4.79 Å². The summed E-state index contributed by atoms with van der Waals surface area (Å²) in [4.78, 5) is 12.4. The zero-order valence-electron chi connectivity index (χ0n) is 11.7. The average Bonchev–Trinajstić information content (AvgIpc) is 2.94. The molecule has 2 aliphatic rings. The summed E-state index contributed by atoms with van der Waals surface area (Å²) in [6.07, 6.45) is 3.21. The first-order valence-corrected chi connectivity index (χ1v) is 8.08. The Morgan fingerprint density at radius 2 is 2.14 bits per heavy atom. The third kappa shape index (κ3) is 3.01. The van der Waals surface area contributed by atoms with Crippen LogP contribution in [0.15, 0.2) is 16.6 Å². The molecule has 114 valence electrons. The van der Waals surface area contributed by atoms with Gasteiger partial charge in [-0.15, -0.1) is 0 Å². The molecule has 21 heavy (non-hydrogen) atoms. The standard InChI is InChI=1S/C15H19BrN2O3/c16-11-6-10(7-13-14(11)21-5-4-20-13)15(19)18-12-3-1-2-9(12)8-17/h6-7,9,12H,1-5,8,17H2,(H,18,19). The van der Waals surface area contributed by atoms with Crippen molar-refractivity contribution in [3.63, 3.8) is 0 Å². The van der Waals surface area contributed by atoms with Gasteiger partial charge in [0.2, 0.25) is 0 Å². The van der Waals surface area contributed by atoms with Crippen LogP contribution in [-0.2, 0) is 0 Å². The Hall–Kier alpha value is -1.27. The van der Waals surface area contributed by atoms with Crippen molar-refractivity contribution in [2.75, 3.05) is 19.8 Å². The molecule has 1 fully saturated rings. The number of ether oxygens (including phenoxy) is 2. The number of fused-ring (bicyclic) bond motifs is 1. The van der Waals surface area contributed by atoms with Crippen molar-refractivity contribution >= 4 is 21.8 Å². The van der Waals surface area contributed by atoms with Gasteiger partial charge in [-0.05, 0) is 53.4 Å². The van der Waals surface area contributed by atoms with Crippen LogP contribution in [0.1, 0.15) is 29.6 Å². The van der Waals surface area contributed by atoms with E-state index in [1.807, 2.05) is 0 Å². The quantitative estimate of drug-likeness (QED) is 0.871. The minimum Gasteiger partial charge on any atom is -0.486 e. The van der Waals surface area contributed by atoms with Gasteiger partial charge in [-0.2, -0.15) is 0 Å². The van der Waals surface area contributed by atoms with Crippen molar-refractivity contribution in [2.24, 2.45) is 11.7 Å². The predicted octanol–water partition coefficient (Wildman–Crippen LogP) is 2.08. The van der Waals surface area contributed by atoms with Crippen LogP contribution >= 0.6 is 15.9 Å². The van der Waals surface area contributed by atoms with E-state index in [0.29, 0.717) is 42.7 Å². The summed E-state index contributed by atoms with van der Waals surface area (Å²) in [6, 6.07) is 3.69. The maximum absolute atomic E-state index is 12.4. The SMILES string of the molecule is NCC1CCCC1NC(=O)c1cc(Br)c2c(c1)OCCO2. The molecule has 0 radical (unpaired) electrons. The molecule has 1 saturated carbocycles. The van der Waals surface area contributed by atoms with Crippen molar-refractivity contribution in [1.29, 1.82) is 0 Å². The van der Waals surface area contributed by atoms with Crippen molar-refractivity contribution in [3.8, 4) is 11.5 Å². The lowest BCUT2D eigenvalue weighted by Gasteiger charge is -2.22. The highest BCUT2D eigenvalue weighted by Gasteiger charge is 2.28. The van der Waals surface area contributed by atoms with E-state index in [0.717, 1.165) is 23.7 Å². The second-order valence-electron chi connectivity index (χ2n) is 5.49. The Kier molecular flexibility index (Phi) is 4.35. The molecule has 0 spiro atoms. The van der Waals surface area contributed by atoms with Crippen molar-refractivity contribution in [1.82, 2.24) is 5.32 Å². The fourth-order valence-corrected chi connectivity index (χ4v) is 3.56. The number of hydrogen-bond donors (Lipinski definition) is 2. The molecule has 1 aromatic rings. The summed E-state index contributed by atoms with van der Waals surface area (Å²) >= 11 is 3.43. The Bertz CT molecular complexity index is 550. The van der Waals surface area contributed by atoms with Crippen LogP contribution in [0.4, 0.5) is 0 Å². The smallest absolute Gasteiger partial charge is 0.251 e. The molecule has 1 heterocycles. The number of hydrogen-bond acceptors (Lipinski definition) is 4. The van der Waals surface area contributed by atoms with E-state index in [1.165, 1.54) is 0 Å². The summed E-state index contributed by atoms with van der Waals surface area (Å²) < 4.78 is 11.8. The van der Waals surface area contributed by atoms with Crippen LogP contribution in [-0.4, -0.2) is 31.7 Å². The van der Waals surface area contributed by atoms with Gasteiger partial charge in [-0.25, -0.2) is 0 Å². The second-order valence-corrected chi connectivity index (χ2v) is 6.34. The Morgan fingerprint density at radius 1 is 1.33 bits per heavy atom. The molecular formula is C15H19BrN2O3. The summed E-state index contributed by atoms with van der Waals surface area (Å²) in [5, 5.41) is 3.09. The number of carbonyl (C=O) groups excluding carboxylic acids is 1. The van der Waals surface area contributed by atoms with E-state index in [1.54, 1.807) is 12.1 Å². The molecule has 1 aliphatic carbocycles. The molecule has 0 aromatic heterocycles. The lowest BCUT2D eigenvalue weighted by Crippen LogP contribution is -2.39. The molecule has 0 bridgehead atoms. The molecule has 3 N–H and O–H groups in total. The molecule has 6 heteroatoms. The van der Waals surface area contributed by atoms with Crippen molar-refractivity contribution in [3.05, 3.63) is 22.2 Å². The molecule has 3 rings (SSSR count). The maximum Gasteiger partial charge on any atom is 0.251 e. The third-order valence-corrected chi connectivity index (χ3v) is 4.73. The zero-order chi connectivity index (χ0) is 14.8. The Morgan fingerprint density at radius 3 is 2.95 bits per heavy atom. The van der Waals surface area contributed by atoms with E-state index < -0.39 is 0 Å². The van der Waals surface area contributed by atoms with Gasteiger partial charge in [-0.1, -0.05) is 6.42 Å². The summed E-state index contributed by atoms with van der Waals surface area (Å²) in [7, 11) is 0. The zero-order valence-corrected chi connectivity index (χ0v) is 13.3. The lowest BCUT2D eigenvalue weighted by atomic mass is 10.0. The topological polar surface area (TPSA) is 73.6 Å². The minimum absolute atomic E-state index is 0.0852. The highest BCUT2D eigenvalue weighted by Crippen LogP contribution is 2.38. The molecule has 2 atom stereocenters. The number of rotatable bonds is 3. The molecule has 1 aliphatic heterocycles. The van der Waals surface area contributed by atoms with Gasteiger partial charge in [0.1, 0.15) is 13.2 Å². The molecule has 1 amide bonds. The Balaban J connectivity index is 1.77. The highest BCUT2D eigenvalue weighted by molar-refractivity contribution is 9.10. The molecule has 1 aromatic carbocycles. The van der Waals surface area contributed by atoms with E-state index in [4.69, 9.17) is 15.2 Å². The second kappa shape index (κ2) is 6.23. The Labute approximate surface area is 132 Å². The maximum atomic E-state index is 12.4. The van der Waals surface area contributed by atoms with Crippen LogP contribution in [0.25, 0.3) is 0 Å². The number of nitrogens with one attached hydrogen (secondary N) is 1. The van der Waals surface area contributed by atoms with Crippen LogP contribution in [0, 0.1) is 5.92 Å². The highest BCUT2D eigenvalue weighted by atomic mass is 79.9. The van der Waals surface area contributed by atoms with Gasteiger partial charge in [0.25, 0.3) is 5.91 Å². The van der Waals surface area contributed by atoms with E-state index in [2.05, 4.69) is 21.2 Å². The van der Waals surface area contributed by atoms with Gasteiger partial charge in [0.15, 0.2) is 11.5 Å². The third-order valence-electron chi connectivity index (χ3n) is 4.14. The van der Waals surface area contributed by atoms with Gasteiger partial charge >= 0.3 is 0 Å². The van der Waals surface area contributed by atoms with Crippen LogP contribution in [0.3, 0.4) is 0 Å². The van der Waals surface area contributed by atoms with Crippen LogP contribution in [0.2, 0.25) is 0 Å². The van der Waals surface area contributed by atoms with Crippen LogP contribution < -0.4 is 20.5 Å². The minimum atomic E-state index is -0.0852. The molecule has 5 nitrogen and oxygen atoms in total. The van der Waals surface area contributed by atoms with Gasteiger partial charge in [0.05, 0.1) is 4.47 Å². The van der Waals surface area contributed by atoms with E-state index in [9.17, 15) is 4.79 Å². The monoisotopic (exact) mass is 354 g/mol. The van der Waals surface area contributed by atoms with Crippen molar-refractivity contribution in [2.45, 2.75) is 25.3 Å². The van der Waals surface area contributed by atoms with Gasteiger partial charge < -0.3 is 20.5 Å².